The molecule has 0 aromatic carbocycles. The van der Waals surface area contributed by atoms with Crippen molar-refractivity contribution in [2.75, 3.05) is 6.54 Å². The summed E-state index contributed by atoms with van der Waals surface area (Å²) in [6.07, 6.45) is 1.99. The highest BCUT2D eigenvalue weighted by Crippen LogP contribution is 1.91. The van der Waals surface area contributed by atoms with Crippen LogP contribution in [0.5, 0.6) is 0 Å². The maximum atomic E-state index is 4.70. The second-order valence-electron chi connectivity index (χ2n) is 1.56. The van der Waals surface area contributed by atoms with Gasteiger partial charge in [-0.25, -0.2) is 4.99 Å². The Labute approximate surface area is 63.0 Å². The number of hydrogen-bond donors (Lipinski definition) is 0. The molecule has 1 rings (SSSR count). The molecule has 0 spiro atoms. The summed E-state index contributed by atoms with van der Waals surface area (Å²) in [5.74, 6) is 0.578. The third kappa shape index (κ3) is 2.05. The Morgan fingerprint density at radius 2 is 2.70 bits per heavy atom. The first-order valence-corrected chi connectivity index (χ1v) is 3.13. The first-order chi connectivity index (χ1) is 4.93. The Morgan fingerprint density at radius 3 is 3.30 bits per heavy atom. The maximum absolute atomic E-state index is 4.70. The van der Waals surface area contributed by atoms with Crippen molar-refractivity contribution in [2.24, 2.45) is 4.99 Å². The number of hydrogen-bond acceptors (Lipinski definition) is 5. The van der Waals surface area contributed by atoms with E-state index in [1.54, 1.807) is 0 Å². The quantitative estimate of drug-likeness (QED) is 0.476. The van der Waals surface area contributed by atoms with Gasteiger partial charge in [0.1, 0.15) is 0 Å². The smallest absolute Gasteiger partial charge is 0.228 e. The van der Waals surface area contributed by atoms with Crippen LogP contribution >= 0.6 is 12.2 Å². The van der Waals surface area contributed by atoms with Gasteiger partial charge in [-0.3, -0.25) is 0 Å². The molecule has 0 radical (unpaired) electrons. The van der Waals surface area contributed by atoms with Gasteiger partial charge < -0.3 is 4.52 Å². The first-order valence-electron chi connectivity index (χ1n) is 2.72. The number of nitrogens with zero attached hydrogens (tertiary/aromatic N) is 3. The van der Waals surface area contributed by atoms with E-state index in [0.29, 0.717) is 18.9 Å². The Bertz CT molecular complexity index is 227. The predicted molar refractivity (Wildman–Crippen MR) is 37.9 cm³/mol. The molecule has 0 N–H and O–H groups in total. The topological polar surface area (TPSA) is 51.3 Å². The third-order valence-electron chi connectivity index (χ3n) is 0.909. The van der Waals surface area contributed by atoms with Crippen molar-refractivity contribution in [1.82, 2.24) is 10.1 Å². The van der Waals surface area contributed by atoms with Crippen LogP contribution in [0.15, 0.2) is 15.8 Å². The van der Waals surface area contributed by atoms with Crippen LogP contribution in [-0.4, -0.2) is 21.8 Å². The van der Waals surface area contributed by atoms with Gasteiger partial charge in [0.25, 0.3) is 0 Å². The summed E-state index contributed by atoms with van der Waals surface area (Å²) < 4.78 is 4.70. The molecule has 0 bridgehead atoms. The molecular formula is C5H5N3OS. The van der Waals surface area contributed by atoms with Crippen molar-refractivity contribution in [2.45, 2.75) is 6.42 Å². The molecule has 0 saturated heterocycles. The standard InChI is InChI=1S/C5H5N3OS/c10-4-6-2-1-5-7-3-8-9-5/h3H,1-2H2. The molecule has 0 saturated carbocycles. The second-order valence-corrected chi connectivity index (χ2v) is 1.74. The zero-order chi connectivity index (χ0) is 7.23. The molecule has 0 fully saturated rings. The van der Waals surface area contributed by atoms with Gasteiger partial charge in [0.05, 0.1) is 11.7 Å². The summed E-state index contributed by atoms with van der Waals surface area (Å²) >= 11 is 4.36. The highest BCUT2D eigenvalue weighted by Gasteiger charge is 1.94. The van der Waals surface area contributed by atoms with Crippen molar-refractivity contribution in [1.29, 1.82) is 0 Å². The molecule has 0 unspecified atom stereocenters. The van der Waals surface area contributed by atoms with Crippen LogP contribution in [0.25, 0.3) is 0 Å². The Hall–Kier alpha value is -1.06. The van der Waals surface area contributed by atoms with E-state index in [9.17, 15) is 0 Å². The second kappa shape index (κ2) is 3.87. The van der Waals surface area contributed by atoms with Gasteiger partial charge in [-0.15, -0.1) is 0 Å². The molecule has 0 amide bonds. The molecule has 5 heteroatoms. The fourth-order valence-electron chi connectivity index (χ4n) is 0.503. The van der Waals surface area contributed by atoms with Crippen LogP contribution in [-0.2, 0) is 6.42 Å². The largest absolute Gasteiger partial charge is 0.340 e. The Balaban J connectivity index is 2.34. The minimum absolute atomic E-state index is 0.561. The first kappa shape index (κ1) is 7.05. The SMILES string of the molecule is S=C=NCCc1ncno1. The molecule has 10 heavy (non-hydrogen) atoms. The van der Waals surface area contributed by atoms with Crippen LogP contribution in [0, 0.1) is 0 Å². The molecule has 52 valence electrons. The van der Waals surface area contributed by atoms with Gasteiger partial charge in [-0.05, 0) is 12.2 Å². The summed E-state index contributed by atoms with van der Waals surface area (Å²) in [4.78, 5) is 7.47. The van der Waals surface area contributed by atoms with Crippen LogP contribution in [0.3, 0.4) is 0 Å². The van der Waals surface area contributed by atoms with Crippen molar-refractivity contribution in [3.8, 4) is 0 Å². The lowest BCUT2D eigenvalue weighted by atomic mass is 10.4. The monoisotopic (exact) mass is 155 g/mol. The summed E-state index contributed by atoms with van der Waals surface area (Å²) in [5, 5.41) is 5.68. The molecule has 1 aromatic heterocycles. The van der Waals surface area contributed by atoms with E-state index < -0.39 is 0 Å². The molecule has 1 heterocycles. The fraction of sp³-hybridized carbons (Fsp3) is 0.400. The molecule has 0 aliphatic heterocycles. The predicted octanol–water partition coefficient (Wildman–Crippen LogP) is 0.715. The molecular weight excluding hydrogens is 150 g/mol. The average Bonchev–Trinajstić information content (AvgIpc) is 2.41. The minimum Gasteiger partial charge on any atom is -0.340 e. The summed E-state index contributed by atoms with van der Waals surface area (Å²) in [7, 11) is 0. The lowest BCUT2D eigenvalue weighted by Crippen LogP contribution is -1.87. The highest BCUT2D eigenvalue weighted by atomic mass is 32.1. The molecule has 0 atom stereocenters. The number of isothiocyanates is 1. The molecule has 4 nitrogen and oxygen atoms in total. The van der Waals surface area contributed by atoms with Gasteiger partial charge in [0, 0.05) is 6.42 Å². The van der Waals surface area contributed by atoms with Gasteiger partial charge >= 0.3 is 0 Å². The van der Waals surface area contributed by atoms with E-state index >= 15 is 0 Å². The molecule has 1 aromatic rings. The fourth-order valence-corrected chi connectivity index (χ4v) is 0.595. The van der Waals surface area contributed by atoms with Crippen LogP contribution in [0.1, 0.15) is 5.89 Å². The van der Waals surface area contributed by atoms with E-state index in [-0.39, 0.29) is 0 Å². The summed E-state index contributed by atoms with van der Waals surface area (Å²) in [6, 6.07) is 0. The van der Waals surface area contributed by atoms with Crippen LogP contribution < -0.4 is 0 Å². The Kier molecular flexibility index (Phi) is 2.73. The number of aromatic nitrogens is 2. The van der Waals surface area contributed by atoms with Gasteiger partial charge in [0.2, 0.25) is 5.89 Å². The number of thiocarbonyl (C=S) groups is 1. The van der Waals surface area contributed by atoms with Crippen LogP contribution in [0.2, 0.25) is 0 Å². The van der Waals surface area contributed by atoms with Gasteiger partial charge in [-0.2, -0.15) is 4.98 Å². The number of aliphatic imine (C=N–C) groups is 1. The summed E-state index contributed by atoms with van der Waals surface area (Å²) in [5.41, 5.74) is 0. The lowest BCUT2D eigenvalue weighted by molar-refractivity contribution is 0.379. The zero-order valence-corrected chi connectivity index (χ0v) is 5.97. The van der Waals surface area contributed by atoms with E-state index in [4.69, 9.17) is 4.52 Å². The average molecular weight is 155 g/mol. The molecule has 0 aliphatic carbocycles. The normalized spacial score (nSPS) is 8.80. The van der Waals surface area contributed by atoms with E-state index in [1.807, 2.05) is 0 Å². The lowest BCUT2D eigenvalue weighted by Gasteiger charge is -1.83. The van der Waals surface area contributed by atoms with Crippen molar-refractivity contribution in [3.63, 3.8) is 0 Å². The van der Waals surface area contributed by atoms with Gasteiger partial charge in [-0.1, -0.05) is 5.16 Å². The third-order valence-corrected chi connectivity index (χ3v) is 1.04. The molecule has 0 aliphatic rings. The van der Waals surface area contributed by atoms with Crippen molar-refractivity contribution >= 4 is 17.4 Å². The number of rotatable bonds is 3. The van der Waals surface area contributed by atoms with Gasteiger partial charge in [0.15, 0.2) is 6.33 Å². The van der Waals surface area contributed by atoms with E-state index in [1.165, 1.54) is 6.33 Å². The van der Waals surface area contributed by atoms with Crippen molar-refractivity contribution < 1.29 is 4.52 Å². The summed E-state index contributed by atoms with van der Waals surface area (Å²) in [6.45, 7) is 0.561. The zero-order valence-electron chi connectivity index (χ0n) is 5.15. The maximum Gasteiger partial charge on any atom is 0.228 e. The van der Waals surface area contributed by atoms with E-state index in [2.05, 4.69) is 32.5 Å². The van der Waals surface area contributed by atoms with E-state index in [0.717, 1.165) is 0 Å². The Morgan fingerprint density at radius 1 is 1.80 bits per heavy atom. The highest BCUT2D eigenvalue weighted by molar-refractivity contribution is 7.78. The van der Waals surface area contributed by atoms with Crippen LogP contribution in [0.4, 0.5) is 0 Å². The van der Waals surface area contributed by atoms with Crippen molar-refractivity contribution in [3.05, 3.63) is 12.2 Å². The minimum atomic E-state index is 0.561.